The van der Waals surface area contributed by atoms with Gasteiger partial charge in [0.2, 0.25) is 0 Å². The Hall–Kier alpha value is -1.36. The molecule has 0 radical (unpaired) electrons. The molecule has 1 aromatic rings. The zero-order chi connectivity index (χ0) is 9.80. The Morgan fingerprint density at radius 3 is 3.00 bits per heavy atom. The zero-order valence-electron chi connectivity index (χ0n) is 7.94. The first-order valence-corrected chi connectivity index (χ1v) is 4.77. The van der Waals surface area contributed by atoms with Gasteiger partial charge in [0, 0.05) is 19.0 Å². The van der Waals surface area contributed by atoms with Crippen LogP contribution in [0.3, 0.4) is 0 Å². The van der Waals surface area contributed by atoms with Crippen molar-refractivity contribution in [1.82, 2.24) is 9.97 Å². The number of hydrogen-bond donors (Lipinski definition) is 2. The van der Waals surface area contributed by atoms with Crippen LogP contribution in [0.25, 0.3) is 0 Å². The Morgan fingerprint density at radius 2 is 2.29 bits per heavy atom. The summed E-state index contributed by atoms with van der Waals surface area (Å²) in [6.45, 7) is 1.57. The Morgan fingerprint density at radius 1 is 1.43 bits per heavy atom. The van der Waals surface area contributed by atoms with Gasteiger partial charge in [-0.1, -0.05) is 0 Å². The highest BCUT2D eigenvalue weighted by molar-refractivity contribution is 5.55. The lowest BCUT2D eigenvalue weighted by Gasteiger charge is -2.23. The van der Waals surface area contributed by atoms with E-state index in [4.69, 9.17) is 10.5 Å². The molecule has 14 heavy (non-hydrogen) atoms. The molecule has 0 unspecified atom stereocenters. The van der Waals surface area contributed by atoms with E-state index < -0.39 is 0 Å². The van der Waals surface area contributed by atoms with E-state index in [1.54, 1.807) is 12.4 Å². The molecule has 0 aliphatic carbocycles. The third-order valence-corrected chi connectivity index (χ3v) is 2.23. The highest BCUT2D eigenvalue weighted by atomic mass is 16.5. The van der Waals surface area contributed by atoms with Crippen molar-refractivity contribution < 1.29 is 4.74 Å². The summed E-state index contributed by atoms with van der Waals surface area (Å²) < 4.78 is 5.34. The average Bonchev–Trinajstić information content (AvgIpc) is 2.23. The summed E-state index contributed by atoms with van der Waals surface area (Å²) in [5, 5.41) is 3.23. The predicted molar refractivity (Wildman–Crippen MR) is 53.9 cm³/mol. The minimum atomic E-state index is 0.308. The SMILES string of the molecule is Nc1nccnc1N[C@H]1CCCOC1. The van der Waals surface area contributed by atoms with Crippen LogP contribution in [0.15, 0.2) is 12.4 Å². The molecule has 0 spiro atoms. The van der Waals surface area contributed by atoms with Gasteiger partial charge in [0.1, 0.15) is 0 Å². The minimum Gasteiger partial charge on any atom is -0.381 e. The number of aromatic nitrogens is 2. The first-order chi connectivity index (χ1) is 6.86. The maximum atomic E-state index is 5.66. The van der Waals surface area contributed by atoms with Gasteiger partial charge in [-0.25, -0.2) is 9.97 Å². The van der Waals surface area contributed by atoms with Crippen LogP contribution < -0.4 is 11.1 Å². The van der Waals surface area contributed by atoms with E-state index in [2.05, 4.69) is 15.3 Å². The summed E-state index contributed by atoms with van der Waals surface area (Å²) in [4.78, 5) is 8.07. The molecule has 1 aliphatic heterocycles. The first kappa shape index (κ1) is 9.21. The second kappa shape index (κ2) is 4.23. The number of nitrogens with one attached hydrogen (secondary N) is 1. The standard InChI is InChI=1S/C9H14N4O/c10-8-9(12-4-3-11-8)13-7-2-1-5-14-6-7/h3-4,7H,1-2,5-6H2,(H2,10,11)(H,12,13)/t7-/m0/s1. The maximum absolute atomic E-state index is 5.66. The molecule has 1 aromatic heterocycles. The van der Waals surface area contributed by atoms with E-state index in [0.717, 1.165) is 26.1 Å². The minimum absolute atomic E-state index is 0.308. The molecule has 1 aliphatic rings. The fraction of sp³-hybridized carbons (Fsp3) is 0.556. The molecular weight excluding hydrogens is 180 g/mol. The fourth-order valence-electron chi connectivity index (χ4n) is 1.51. The zero-order valence-corrected chi connectivity index (χ0v) is 7.94. The average molecular weight is 194 g/mol. The highest BCUT2D eigenvalue weighted by Gasteiger charge is 2.14. The van der Waals surface area contributed by atoms with Crippen LogP contribution in [-0.2, 0) is 4.74 Å². The van der Waals surface area contributed by atoms with Gasteiger partial charge < -0.3 is 15.8 Å². The van der Waals surface area contributed by atoms with Gasteiger partial charge >= 0.3 is 0 Å². The summed E-state index contributed by atoms with van der Waals surface area (Å²) in [5.74, 6) is 1.10. The van der Waals surface area contributed by atoms with Crippen LogP contribution in [0.1, 0.15) is 12.8 Å². The number of anilines is 2. The lowest BCUT2D eigenvalue weighted by molar-refractivity contribution is 0.0875. The molecule has 1 atom stereocenters. The lowest BCUT2D eigenvalue weighted by atomic mass is 10.1. The monoisotopic (exact) mass is 194 g/mol. The highest BCUT2D eigenvalue weighted by Crippen LogP contribution is 2.15. The summed E-state index contributed by atoms with van der Waals surface area (Å²) >= 11 is 0. The number of hydrogen-bond acceptors (Lipinski definition) is 5. The molecule has 2 rings (SSSR count). The third-order valence-electron chi connectivity index (χ3n) is 2.23. The van der Waals surface area contributed by atoms with Gasteiger partial charge in [-0.2, -0.15) is 0 Å². The van der Waals surface area contributed by atoms with E-state index in [0.29, 0.717) is 17.7 Å². The van der Waals surface area contributed by atoms with Crippen molar-refractivity contribution in [2.24, 2.45) is 0 Å². The van der Waals surface area contributed by atoms with Gasteiger partial charge in [-0.05, 0) is 12.8 Å². The second-order valence-corrected chi connectivity index (χ2v) is 3.35. The topological polar surface area (TPSA) is 73.1 Å². The van der Waals surface area contributed by atoms with Crippen molar-refractivity contribution in [2.45, 2.75) is 18.9 Å². The van der Waals surface area contributed by atoms with Gasteiger partial charge in [-0.15, -0.1) is 0 Å². The molecular formula is C9H14N4O. The van der Waals surface area contributed by atoms with Crippen molar-refractivity contribution in [1.29, 1.82) is 0 Å². The van der Waals surface area contributed by atoms with Gasteiger partial charge in [0.05, 0.1) is 12.6 Å². The molecule has 2 heterocycles. The maximum Gasteiger partial charge on any atom is 0.169 e. The van der Waals surface area contributed by atoms with E-state index >= 15 is 0 Å². The van der Waals surface area contributed by atoms with Crippen molar-refractivity contribution in [3.8, 4) is 0 Å². The van der Waals surface area contributed by atoms with E-state index in [9.17, 15) is 0 Å². The predicted octanol–water partition coefficient (Wildman–Crippen LogP) is 0.650. The Labute approximate surface area is 82.7 Å². The molecule has 5 heteroatoms. The normalized spacial score (nSPS) is 21.9. The Balaban J connectivity index is 1.99. The number of nitrogen functional groups attached to an aromatic ring is 1. The van der Waals surface area contributed by atoms with E-state index in [-0.39, 0.29) is 0 Å². The van der Waals surface area contributed by atoms with Crippen LogP contribution >= 0.6 is 0 Å². The van der Waals surface area contributed by atoms with E-state index in [1.807, 2.05) is 0 Å². The number of nitrogens with two attached hydrogens (primary N) is 1. The molecule has 0 bridgehead atoms. The van der Waals surface area contributed by atoms with Gasteiger partial charge in [0.15, 0.2) is 11.6 Å². The molecule has 1 saturated heterocycles. The molecule has 3 N–H and O–H groups in total. The summed E-state index contributed by atoms with van der Waals surface area (Å²) in [6.07, 6.45) is 5.38. The largest absolute Gasteiger partial charge is 0.381 e. The van der Waals surface area contributed by atoms with Crippen molar-refractivity contribution in [3.63, 3.8) is 0 Å². The van der Waals surface area contributed by atoms with Crippen LogP contribution in [0.4, 0.5) is 11.6 Å². The van der Waals surface area contributed by atoms with Crippen LogP contribution in [0, 0.1) is 0 Å². The summed E-state index contributed by atoms with van der Waals surface area (Å²) in [5.41, 5.74) is 5.66. The Kier molecular flexibility index (Phi) is 2.78. The Bertz CT molecular complexity index is 299. The van der Waals surface area contributed by atoms with Crippen LogP contribution in [-0.4, -0.2) is 29.2 Å². The van der Waals surface area contributed by atoms with Crippen molar-refractivity contribution in [3.05, 3.63) is 12.4 Å². The summed E-state index contributed by atoms with van der Waals surface area (Å²) in [6, 6.07) is 0.308. The number of rotatable bonds is 2. The van der Waals surface area contributed by atoms with Crippen molar-refractivity contribution >= 4 is 11.6 Å². The quantitative estimate of drug-likeness (QED) is 0.723. The molecule has 5 nitrogen and oxygen atoms in total. The van der Waals surface area contributed by atoms with Crippen molar-refractivity contribution in [2.75, 3.05) is 24.3 Å². The first-order valence-electron chi connectivity index (χ1n) is 4.77. The smallest absolute Gasteiger partial charge is 0.169 e. The van der Waals surface area contributed by atoms with Gasteiger partial charge in [-0.3, -0.25) is 0 Å². The lowest BCUT2D eigenvalue weighted by Crippen LogP contribution is -2.30. The van der Waals surface area contributed by atoms with Crippen LogP contribution in [0.2, 0.25) is 0 Å². The number of nitrogens with zero attached hydrogens (tertiary/aromatic N) is 2. The van der Waals surface area contributed by atoms with E-state index in [1.165, 1.54) is 0 Å². The third kappa shape index (κ3) is 2.11. The molecule has 1 fully saturated rings. The molecule has 0 saturated carbocycles. The van der Waals surface area contributed by atoms with Gasteiger partial charge in [0.25, 0.3) is 0 Å². The second-order valence-electron chi connectivity index (χ2n) is 3.35. The van der Waals surface area contributed by atoms with Crippen LogP contribution in [0.5, 0.6) is 0 Å². The number of ether oxygens (including phenoxy) is 1. The fourth-order valence-corrected chi connectivity index (χ4v) is 1.51. The molecule has 76 valence electrons. The summed E-state index contributed by atoms with van der Waals surface area (Å²) in [7, 11) is 0. The molecule has 0 aromatic carbocycles. The molecule has 0 amide bonds.